The van der Waals surface area contributed by atoms with Gasteiger partial charge in [0, 0.05) is 11.0 Å². The summed E-state index contributed by atoms with van der Waals surface area (Å²) >= 11 is 0. The Kier molecular flexibility index (Phi) is 3.93. The molecule has 0 spiro atoms. The summed E-state index contributed by atoms with van der Waals surface area (Å²) in [7, 11) is 0. The van der Waals surface area contributed by atoms with E-state index in [1.54, 1.807) is 0 Å². The van der Waals surface area contributed by atoms with Gasteiger partial charge in [-0.1, -0.05) is 20.8 Å². The van der Waals surface area contributed by atoms with E-state index in [1.165, 1.54) is 0 Å². The van der Waals surface area contributed by atoms with E-state index in [9.17, 15) is 8.78 Å². The fraction of sp³-hybridized carbons (Fsp3) is 1.00. The molecular weight excluding hydrogens is 220 g/mol. The molecule has 1 fully saturated rings. The number of hydrogen-bond acceptors (Lipinski definition) is 1. The maximum absolute atomic E-state index is 13.5. The molecule has 0 radical (unpaired) electrons. The van der Waals surface area contributed by atoms with Crippen molar-refractivity contribution in [3.05, 3.63) is 0 Å². The third-order valence-electron chi connectivity index (χ3n) is 4.52. The van der Waals surface area contributed by atoms with Crippen LogP contribution in [-0.4, -0.2) is 30.0 Å². The van der Waals surface area contributed by atoms with Gasteiger partial charge in [-0.15, -0.1) is 0 Å². The Bertz CT molecular complexity index is 252. The molecule has 0 amide bonds. The van der Waals surface area contributed by atoms with Crippen LogP contribution in [0.1, 0.15) is 54.4 Å². The van der Waals surface area contributed by atoms with E-state index >= 15 is 0 Å². The molecule has 1 aliphatic heterocycles. The molecule has 17 heavy (non-hydrogen) atoms. The van der Waals surface area contributed by atoms with Gasteiger partial charge >= 0.3 is 0 Å². The van der Waals surface area contributed by atoms with Crippen LogP contribution in [0.15, 0.2) is 0 Å². The zero-order valence-corrected chi connectivity index (χ0v) is 12.1. The van der Waals surface area contributed by atoms with Crippen molar-refractivity contribution in [3.8, 4) is 0 Å². The lowest BCUT2D eigenvalue weighted by molar-refractivity contribution is -0.123. The van der Waals surface area contributed by atoms with Crippen LogP contribution in [-0.2, 0) is 0 Å². The first-order valence-corrected chi connectivity index (χ1v) is 6.54. The number of piperidine rings is 1. The molecule has 0 aliphatic carbocycles. The summed E-state index contributed by atoms with van der Waals surface area (Å²) in [5, 5.41) is 0. The number of likely N-dealkylation sites (tertiary alicyclic amines) is 1. The van der Waals surface area contributed by atoms with Crippen LogP contribution in [0.4, 0.5) is 8.78 Å². The molecule has 1 rings (SSSR count). The topological polar surface area (TPSA) is 3.24 Å². The third-order valence-corrected chi connectivity index (χ3v) is 4.52. The quantitative estimate of drug-likeness (QED) is 0.672. The summed E-state index contributed by atoms with van der Waals surface area (Å²) < 4.78 is 27.0. The lowest BCUT2D eigenvalue weighted by Gasteiger charge is -2.52. The monoisotopic (exact) mass is 247 g/mol. The van der Waals surface area contributed by atoms with Gasteiger partial charge in [0.15, 0.2) is 0 Å². The minimum Gasteiger partial charge on any atom is -0.298 e. The minimum absolute atomic E-state index is 0.0895. The Morgan fingerprint density at radius 2 is 1.35 bits per heavy atom. The Morgan fingerprint density at radius 1 is 0.941 bits per heavy atom. The van der Waals surface area contributed by atoms with Crippen LogP contribution in [0.3, 0.4) is 0 Å². The molecular formula is C14H27F2N. The second kappa shape index (κ2) is 4.49. The predicted octanol–water partition coefficient (Wildman–Crippen LogP) is 4.18. The molecule has 0 saturated carbocycles. The summed E-state index contributed by atoms with van der Waals surface area (Å²) in [6.07, 6.45) is -1.01. The summed E-state index contributed by atoms with van der Waals surface area (Å²) in [4.78, 5) is 2.32. The molecule has 3 heteroatoms. The van der Waals surface area contributed by atoms with E-state index in [1.807, 2.05) is 20.8 Å². The number of halogens is 2. The predicted molar refractivity (Wildman–Crippen MR) is 68.5 cm³/mol. The average molecular weight is 247 g/mol. The van der Waals surface area contributed by atoms with Gasteiger partial charge in [-0.05, 0) is 52.1 Å². The second-order valence-corrected chi connectivity index (χ2v) is 7.36. The van der Waals surface area contributed by atoms with Crippen molar-refractivity contribution >= 4 is 0 Å². The fourth-order valence-corrected chi connectivity index (χ4v) is 2.87. The summed E-state index contributed by atoms with van der Waals surface area (Å²) in [6, 6.07) is 0. The van der Waals surface area contributed by atoms with Gasteiger partial charge in [0.25, 0.3) is 0 Å². The van der Waals surface area contributed by atoms with Crippen molar-refractivity contribution < 1.29 is 8.78 Å². The zero-order chi connectivity index (χ0) is 13.5. The molecule has 0 atom stereocenters. The molecule has 0 unspecified atom stereocenters. The normalized spacial score (nSPS) is 23.1. The molecule has 0 N–H and O–H groups in total. The van der Waals surface area contributed by atoms with Crippen LogP contribution in [0.2, 0.25) is 0 Å². The second-order valence-electron chi connectivity index (χ2n) is 7.36. The Labute approximate surface area is 105 Å². The highest BCUT2D eigenvalue weighted by Gasteiger charge is 2.51. The van der Waals surface area contributed by atoms with Crippen LogP contribution in [0.5, 0.6) is 0 Å². The molecule has 102 valence electrons. The molecule has 1 aliphatic rings. The highest BCUT2D eigenvalue weighted by atomic mass is 19.3. The molecule has 0 aromatic carbocycles. The summed E-state index contributed by atoms with van der Waals surface area (Å²) in [6.45, 7) is 13.9. The molecule has 0 aromatic heterocycles. The van der Waals surface area contributed by atoms with Crippen molar-refractivity contribution in [2.45, 2.75) is 66.3 Å². The average Bonchev–Trinajstić information content (AvgIpc) is 2.14. The fourth-order valence-electron chi connectivity index (χ4n) is 2.87. The van der Waals surface area contributed by atoms with Gasteiger partial charge in [0.05, 0.1) is 0 Å². The lowest BCUT2D eigenvalue weighted by atomic mass is 9.61. The van der Waals surface area contributed by atoms with Crippen molar-refractivity contribution in [3.63, 3.8) is 0 Å². The molecule has 0 bridgehead atoms. The Morgan fingerprint density at radius 3 is 1.59 bits per heavy atom. The van der Waals surface area contributed by atoms with Crippen LogP contribution in [0, 0.1) is 10.8 Å². The summed E-state index contributed by atoms with van der Waals surface area (Å²) in [5.74, 6) is 0. The number of alkyl halides is 2. The molecule has 0 aromatic rings. The van der Waals surface area contributed by atoms with E-state index in [2.05, 4.69) is 25.7 Å². The SMILES string of the molecule is CC(C)(C)N1CCC(C(F)F)(C(C)(C)C)CC1. The van der Waals surface area contributed by atoms with Crippen molar-refractivity contribution in [2.75, 3.05) is 13.1 Å². The van der Waals surface area contributed by atoms with Gasteiger partial charge in [0.1, 0.15) is 0 Å². The lowest BCUT2D eigenvalue weighted by Crippen LogP contribution is -2.54. The van der Waals surface area contributed by atoms with Crippen molar-refractivity contribution in [2.24, 2.45) is 10.8 Å². The number of rotatable bonds is 1. The van der Waals surface area contributed by atoms with Gasteiger partial charge in [-0.25, -0.2) is 8.78 Å². The highest BCUT2D eigenvalue weighted by Crippen LogP contribution is 2.51. The molecule has 1 heterocycles. The first kappa shape index (κ1) is 14.9. The zero-order valence-electron chi connectivity index (χ0n) is 12.1. The first-order valence-electron chi connectivity index (χ1n) is 6.54. The Balaban J connectivity index is 2.83. The largest absolute Gasteiger partial charge is 0.298 e. The smallest absolute Gasteiger partial charge is 0.244 e. The summed E-state index contributed by atoms with van der Waals surface area (Å²) in [5.41, 5.74) is -1.05. The number of hydrogen-bond donors (Lipinski definition) is 0. The van der Waals surface area contributed by atoms with E-state index in [4.69, 9.17) is 0 Å². The van der Waals surface area contributed by atoms with Crippen LogP contribution < -0.4 is 0 Å². The molecule has 1 nitrogen and oxygen atoms in total. The highest BCUT2D eigenvalue weighted by molar-refractivity contribution is 4.98. The van der Waals surface area contributed by atoms with E-state index in [-0.39, 0.29) is 11.0 Å². The van der Waals surface area contributed by atoms with Crippen LogP contribution in [0.25, 0.3) is 0 Å². The third kappa shape index (κ3) is 2.81. The van der Waals surface area contributed by atoms with Gasteiger partial charge in [-0.3, -0.25) is 4.90 Å². The minimum atomic E-state index is -2.22. The molecule has 1 saturated heterocycles. The first-order chi connectivity index (χ1) is 7.51. The maximum atomic E-state index is 13.5. The van der Waals surface area contributed by atoms with Crippen molar-refractivity contribution in [1.29, 1.82) is 0 Å². The van der Waals surface area contributed by atoms with Crippen molar-refractivity contribution in [1.82, 2.24) is 4.90 Å². The van der Waals surface area contributed by atoms with E-state index in [0.717, 1.165) is 13.1 Å². The van der Waals surface area contributed by atoms with Gasteiger partial charge < -0.3 is 0 Å². The van der Waals surface area contributed by atoms with E-state index < -0.39 is 11.8 Å². The van der Waals surface area contributed by atoms with Crippen LogP contribution >= 0.6 is 0 Å². The maximum Gasteiger partial charge on any atom is 0.244 e. The standard InChI is InChI=1S/C14H27F2N/c1-12(2,3)14(11(15)16)7-9-17(10-8-14)13(4,5)6/h11H,7-10H2,1-6H3. The van der Waals surface area contributed by atoms with E-state index in [0.29, 0.717) is 12.8 Å². The van der Waals surface area contributed by atoms with Gasteiger partial charge in [0.2, 0.25) is 6.43 Å². The van der Waals surface area contributed by atoms with Gasteiger partial charge in [-0.2, -0.15) is 0 Å². The Hall–Kier alpha value is -0.180. The number of nitrogens with zero attached hydrogens (tertiary/aromatic N) is 1.